The van der Waals surface area contributed by atoms with E-state index in [1.165, 1.54) is 70.9 Å². The van der Waals surface area contributed by atoms with Crippen LogP contribution in [-0.2, 0) is 26.3 Å². The molecule has 5 aromatic rings. The summed E-state index contributed by atoms with van der Waals surface area (Å²) in [6.07, 6.45) is 13.3. The van der Waals surface area contributed by atoms with Gasteiger partial charge in [-0.25, -0.2) is 0 Å². The number of rotatable bonds is 15. The molecule has 2 aromatic carbocycles. The quantitative estimate of drug-likeness (QED) is 0.114. The summed E-state index contributed by atoms with van der Waals surface area (Å²) in [7, 11) is 0. The van der Waals surface area contributed by atoms with Gasteiger partial charge in [0.15, 0.2) is 6.20 Å². The zero-order valence-corrected chi connectivity index (χ0v) is 28.7. The SMILES string of the molecule is [O-][n+]1ccccc1C(c1ccc(OCc2cn(CCN3CCCCC3)nn2)cc1)c1ccc(OCc2cn(CCN3CCCCC3)nn2)cc1. The van der Waals surface area contributed by atoms with Gasteiger partial charge in [-0.05, 0) is 93.3 Å². The first-order chi connectivity index (χ1) is 24.7. The van der Waals surface area contributed by atoms with Crippen molar-refractivity contribution in [1.82, 2.24) is 39.8 Å². The molecule has 12 nitrogen and oxygen atoms in total. The van der Waals surface area contributed by atoms with Crippen molar-refractivity contribution in [3.8, 4) is 11.5 Å². The molecule has 0 atom stereocenters. The van der Waals surface area contributed by atoms with E-state index in [2.05, 4.69) is 30.4 Å². The van der Waals surface area contributed by atoms with E-state index >= 15 is 0 Å². The molecule has 0 radical (unpaired) electrons. The molecule has 7 rings (SSSR count). The second-order valence-electron chi connectivity index (χ2n) is 13.4. The molecular weight excluding hydrogens is 630 g/mol. The van der Waals surface area contributed by atoms with Crippen molar-refractivity contribution < 1.29 is 14.2 Å². The number of aromatic nitrogens is 7. The van der Waals surface area contributed by atoms with Gasteiger partial charge >= 0.3 is 0 Å². The van der Waals surface area contributed by atoms with Gasteiger partial charge in [0.05, 0.1) is 31.4 Å². The smallest absolute Gasteiger partial charge is 0.204 e. The van der Waals surface area contributed by atoms with E-state index in [9.17, 15) is 5.21 Å². The Labute approximate surface area is 293 Å². The fourth-order valence-corrected chi connectivity index (χ4v) is 6.91. The van der Waals surface area contributed by atoms with E-state index < -0.39 is 0 Å². The second-order valence-corrected chi connectivity index (χ2v) is 13.4. The average Bonchev–Trinajstić information content (AvgIpc) is 3.84. The predicted octanol–water partition coefficient (Wildman–Crippen LogP) is 4.81. The van der Waals surface area contributed by atoms with Crippen molar-refractivity contribution >= 4 is 0 Å². The van der Waals surface area contributed by atoms with E-state index in [4.69, 9.17) is 9.47 Å². The predicted molar refractivity (Wildman–Crippen MR) is 189 cm³/mol. The van der Waals surface area contributed by atoms with Crippen LogP contribution >= 0.6 is 0 Å². The van der Waals surface area contributed by atoms with Crippen molar-refractivity contribution in [2.75, 3.05) is 39.3 Å². The molecule has 0 spiro atoms. The van der Waals surface area contributed by atoms with E-state index in [1.54, 1.807) is 6.07 Å². The van der Waals surface area contributed by atoms with Crippen molar-refractivity contribution in [3.05, 3.63) is 119 Å². The Balaban J connectivity index is 0.955. The number of pyridine rings is 1. The van der Waals surface area contributed by atoms with Crippen LogP contribution < -0.4 is 14.2 Å². The highest BCUT2D eigenvalue weighted by molar-refractivity contribution is 5.43. The summed E-state index contributed by atoms with van der Waals surface area (Å²) < 4.78 is 16.9. The highest BCUT2D eigenvalue weighted by Crippen LogP contribution is 2.32. The third-order valence-corrected chi connectivity index (χ3v) is 9.71. The minimum atomic E-state index is -0.281. The number of hydrogen-bond donors (Lipinski definition) is 0. The van der Waals surface area contributed by atoms with Crippen molar-refractivity contribution in [1.29, 1.82) is 0 Å². The fourth-order valence-electron chi connectivity index (χ4n) is 6.91. The molecule has 0 amide bonds. The third kappa shape index (κ3) is 9.05. The summed E-state index contributed by atoms with van der Waals surface area (Å²) in [6, 6.07) is 21.3. The van der Waals surface area contributed by atoms with Gasteiger partial charge in [0.25, 0.3) is 0 Å². The van der Waals surface area contributed by atoms with Gasteiger partial charge < -0.3 is 24.5 Å². The highest BCUT2D eigenvalue weighted by Gasteiger charge is 2.24. The molecule has 5 heterocycles. The lowest BCUT2D eigenvalue weighted by Crippen LogP contribution is -2.33. The van der Waals surface area contributed by atoms with E-state index in [1.807, 2.05) is 82.4 Å². The number of piperidine rings is 2. The summed E-state index contributed by atoms with van der Waals surface area (Å²) in [5.41, 5.74) is 4.18. The monoisotopic (exact) mass is 677 g/mol. The lowest BCUT2D eigenvalue weighted by atomic mass is 9.88. The average molecular weight is 678 g/mol. The van der Waals surface area contributed by atoms with E-state index in [0.29, 0.717) is 18.9 Å². The normalized spacial score (nSPS) is 15.8. The topological polar surface area (TPSA) is 113 Å². The summed E-state index contributed by atoms with van der Waals surface area (Å²) >= 11 is 0. The summed E-state index contributed by atoms with van der Waals surface area (Å²) in [5, 5.41) is 30.2. The Hall–Kier alpha value is -4.81. The zero-order valence-electron chi connectivity index (χ0n) is 28.7. The summed E-state index contributed by atoms with van der Waals surface area (Å²) in [5.74, 6) is 1.17. The first-order valence-electron chi connectivity index (χ1n) is 18.0. The highest BCUT2D eigenvalue weighted by atomic mass is 16.5. The van der Waals surface area contributed by atoms with Crippen molar-refractivity contribution in [3.63, 3.8) is 0 Å². The van der Waals surface area contributed by atoms with Crippen LogP contribution in [0.2, 0.25) is 0 Å². The third-order valence-electron chi connectivity index (χ3n) is 9.71. The molecular formula is C38H47N9O3. The molecule has 0 saturated carbocycles. The number of benzene rings is 2. The lowest BCUT2D eigenvalue weighted by Gasteiger charge is -2.25. The van der Waals surface area contributed by atoms with Crippen LogP contribution in [0.1, 0.15) is 72.7 Å². The standard InChI is InChI=1S/C38H47N9O3/c48-47-22-8-3-9-37(47)38(31-10-14-35(15-11-31)49-29-33-27-45(41-39-33)25-23-43-18-4-1-5-19-43)32-12-16-36(17-13-32)50-30-34-28-46(42-40-34)26-24-44-20-6-2-7-21-44/h3,8-17,22,27-28,38H,1-2,4-7,18-21,23-26,29-30H2. The molecule has 0 bridgehead atoms. The molecule has 50 heavy (non-hydrogen) atoms. The van der Waals surface area contributed by atoms with Crippen molar-refractivity contribution in [2.45, 2.75) is 70.7 Å². The number of nitrogens with zero attached hydrogens (tertiary/aromatic N) is 9. The minimum Gasteiger partial charge on any atom is -0.618 e. The molecule has 2 fully saturated rings. The van der Waals surface area contributed by atoms with Crippen LogP contribution in [0.15, 0.2) is 85.3 Å². The molecule has 3 aromatic heterocycles. The van der Waals surface area contributed by atoms with Gasteiger partial charge in [-0.3, -0.25) is 9.36 Å². The van der Waals surface area contributed by atoms with Gasteiger partial charge in [0.1, 0.15) is 36.1 Å². The number of hydrogen-bond acceptors (Lipinski definition) is 9. The first kappa shape index (κ1) is 33.7. The van der Waals surface area contributed by atoms with Crippen LogP contribution in [-0.4, -0.2) is 79.1 Å². The Bertz CT molecular complexity index is 1650. The summed E-state index contributed by atoms with van der Waals surface area (Å²) in [4.78, 5) is 4.99. The molecule has 0 aliphatic carbocycles. The van der Waals surface area contributed by atoms with Crippen LogP contribution in [0.5, 0.6) is 11.5 Å². The number of ether oxygens (including phenoxy) is 2. The van der Waals surface area contributed by atoms with E-state index in [-0.39, 0.29) is 5.92 Å². The Morgan fingerprint density at radius 3 is 1.54 bits per heavy atom. The largest absolute Gasteiger partial charge is 0.618 e. The zero-order chi connectivity index (χ0) is 34.0. The number of likely N-dealkylation sites (tertiary alicyclic amines) is 2. The van der Waals surface area contributed by atoms with Crippen molar-refractivity contribution in [2.24, 2.45) is 0 Å². The second kappa shape index (κ2) is 16.7. The molecule has 12 heteroatoms. The molecule has 0 N–H and O–H groups in total. The maximum atomic E-state index is 13.0. The Kier molecular flexibility index (Phi) is 11.3. The molecule has 2 saturated heterocycles. The fraction of sp³-hybridized carbons (Fsp3) is 0.447. The van der Waals surface area contributed by atoms with Crippen LogP contribution in [0.4, 0.5) is 0 Å². The minimum absolute atomic E-state index is 0.281. The van der Waals surface area contributed by atoms with Crippen LogP contribution in [0.3, 0.4) is 0 Å². The first-order valence-corrected chi connectivity index (χ1v) is 18.0. The molecule has 2 aliphatic heterocycles. The molecule has 262 valence electrons. The lowest BCUT2D eigenvalue weighted by molar-refractivity contribution is -0.614. The maximum absolute atomic E-state index is 13.0. The maximum Gasteiger partial charge on any atom is 0.204 e. The van der Waals surface area contributed by atoms with Gasteiger partial charge in [0.2, 0.25) is 5.69 Å². The van der Waals surface area contributed by atoms with Gasteiger partial charge in [-0.15, -0.1) is 10.2 Å². The molecule has 2 aliphatic rings. The van der Waals surface area contributed by atoms with Crippen LogP contribution in [0.25, 0.3) is 0 Å². The van der Waals surface area contributed by atoms with Gasteiger partial charge in [-0.2, -0.15) is 4.73 Å². The van der Waals surface area contributed by atoms with Gasteiger partial charge in [-0.1, -0.05) is 47.5 Å². The Morgan fingerprint density at radius 1 is 0.600 bits per heavy atom. The summed E-state index contributed by atoms with van der Waals surface area (Å²) in [6.45, 7) is 9.01. The van der Waals surface area contributed by atoms with Crippen LogP contribution in [0, 0.1) is 5.21 Å². The van der Waals surface area contributed by atoms with E-state index in [0.717, 1.165) is 64.9 Å². The Morgan fingerprint density at radius 2 is 1.08 bits per heavy atom. The van der Waals surface area contributed by atoms with Gasteiger partial charge in [0, 0.05) is 25.2 Å². The molecule has 0 unspecified atom stereocenters.